The Kier molecular flexibility index (Phi) is 4.01. The summed E-state index contributed by atoms with van der Waals surface area (Å²) < 4.78 is 27.0. The molecule has 1 aromatic carbocycles. The van der Waals surface area contributed by atoms with Crippen molar-refractivity contribution in [1.29, 1.82) is 0 Å². The van der Waals surface area contributed by atoms with Crippen molar-refractivity contribution < 1.29 is 8.78 Å². The van der Waals surface area contributed by atoms with Gasteiger partial charge in [0.1, 0.15) is 4.99 Å². The van der Waals surface area contributed by atoms with Gasteiger partial charge in [0, 0.05) is 17.3 Å². The van der Waals surface area contributed by atoms with Gasteiger partial charge >= 0.3 is 0 Å². The van der Waals surface area contributed by atoms with Gasteiger partial charge in [0.05, 0.1) is 6.04 Å². The highest BCUT2D eigenvalue weighted by atomic mass is 32.1. The fourth-order valence-electron chi connectivity index (χ4n) is 2.27. The van der Waals surface area contributed by atoms with Gasteiger partial charge in [-0.3, -0.25) is 0 Å². The number of likely N-dealkylation sites (tertiary alicyclic amines) is 1. The van der Waals surface area contributed by atoms with Crippen LogP contribution in [0.5, 0.6) is 0 Å². The Morgan fingerprint density at radius 3 is 2.60 bits per heavy atom. The zero-order chi connectivity index (χ0) is 15.0. The van der Waals surface area contributed by atoms with E-state index < -0.39 is 17.7 Å². The van der Waals surface area contributed by atoms with Crippen molar-refractivity contribution in [3.63, 3.8) is 0 Å². The van der Waals surface area contributed by atoms with Crippen LogP contribution in [0.1, 0.15) is 19.4 Å². The fourth-order valence-corrected chi connectivity index (χ4v) is 2.72. The molecule has 1 aliphatic heterocycles. The highest BCUT2D eigenvalue weighted by Crippen LogP contribution is 2.31. The van der Waals surface area contributed by atoms with Gasteiger partial charge in [0.25, 0.3) is 0 Å². The normalized spacial score (nSPS) is 21.4. The van der Waals surface area contributed by atoms with E-state index in [1.54, 1.807) is 0 Å². The summed E-state index contributed by atoms with van der Waals surface area (Å²) in [5.41, 5.74) is 7.45. The first-order chi connectivity index (χ1) is 9.34. The molecule has 1 saturated heterocycles. The number of nitrogens with two attached hydrogens (primary N) is 1. The zero-order valence-corrected chi connectivity index (χ0v) is 12.2. The molecule has 1 atom stereocenters. The average molecular weight is 294 g/mol. The SMILES string of the molecule is C=C1/C(=C/c2cccc(F)c2F)C(N)C(=S)N1C(C)C. The monoisotopic (exact) mass is 294 g/mol. The molecule has 2 nitrogen and oxygen atoms in total. The predicted molar refractivity (Wildman–Crippen MR) is 81.0 cm³/mol. The highest BCUT2D eigenvalue weighted by Gasteiger charge is 2.34. The van der Waals surface area contributed by atoms with Gasteiger partial charge < -0.3 is 10.6 Å². The van der Waals surface area contributed by atoms with E-state index in [4.69, 9.17) is 18.0 Å². The summed E-state index contributed by atoms with van der Waals surface area (Å²) in [6, 6.07) is 3.61. The number of rotatable bonds is 2. The van der Waals surface area contributed by atoms with Gasteiger partial charge in [0.2, 0.25) is 0 Å². The Morgan fingerprint density at radius 2 is 2.05 bits per heavy atom. The van der Waals surface area contributed by atoms with Crippen molar-refractivity contribution in [2.45, 2.75) is 25.9 Å². The summed E-state index contributed by atoms with van der Waals surface area (Å²) in [5.74, 6) is -1.78. The van der Waals surface area contributed by atoms with Crippen LogP contribution in [0.25, 0.3) is 6.08 Å². The van der Waals surface area contributed by atoms with E-state index >= 15 is 0 Å². The minimum atomic E-state index is -0.895. The third kappa shape index (κ3) is 2.39. The molecule has 1 heterocycles. The summed E-state index contributed by atoms with van der Waals surface area (Å²) in [4.78, 5) is 2.39. The Hall–Kier alpha value is -1.59. The van der Waals surface area contributed by atoms with Crippen LogP contribution in [0.15, 0.2) is 36.0 Å². The Balaban J connectivity index is 2.47. The lowest BCUT2D eigenvalue weighted by molar-refractivity contribution is 0.452. The van der Waals surface area contributed by atoms with Crippen LogP contribution < -0.4 is 5.73 Å². The van der Waals surface area contributed by atoms with E-state index in [-0.39, 0.29) is 11.6 Å². The molecule has 5 heteroatoms. The van der Waals surface area contributed by atoms with Crippen molar-refractivity contribution >= 4 is 23.3 Å². The van der Waals surface area contributed by atoms with Gasteiger partial charge in [-0.05, 0) is 31.6 Å². The second-order valence-electron chi connectivity index (χ2n) is 4.97. The maximum atomic E-state index is 13.7. The second-order valence-corrected chi connectivity index (χ2v) is 5.39. The molecular weight excluding hydrogens is 278 g/mol. The van der Waals surface area contributed by atoms with Crippen LogP contribution in [0.3, 0.4) is 0 Å². The lowest BCUT2D eigenvalue weighted by Gasteiger charge is -2.23. The third-order valence-corrected chi connectivity index (χ3v) is 3.72. The molecule has 0 aromatic heterocycles. The predicted octanol–water partition coefficient (Wildman–Crippen LogP) is 3.24. The maximum absolute atomic E-state index is 13.7. The first-order valence-corrected chi connectivity index (χ1v) is 6.69. The van der Waals surface area contributed by atoms with E-state index in [0.29, 0.717) is 16.3 Å². The number of benzene rings is 1. The van der Waals surface area contributed by atoms with Crippen molar-refractivity contribution in [2.75, 3.05) is 0 Å². The van der Waals surface area contributed by atoms with Gasteiger partial charge in [-0.25, -0.2) is 8.78 Å². The largest absolute Gasteiger partial charge is 0.332 e. The minimum Gasteiger partial charge on any atom is -0.332 e. The Bertz CT molecular complexity index is 608. The molecule has 0 saturated carbocycles. The van der Waals surface area contributed by atoms with E-state index in [9.17, 15) is 8.78 Å². The summed E-state index contributed by atoms with van der Waals surface area (Å²) in [7, 11) is 0. The van der Waals surface area contributed by atoms with E-state index in [1.165, 1.54) is 18.2 Å². The quantitative estimate of drug-likeness (QED) is 0.849. The van der Waals surface area contributed by atoms with Gasteiger partial charge in [0.15, 0.2) is 11.6 Å². The first-order valence-electron chi connectivity index (χ1n) is 6.28. The molecule has 20 heavy (non-hydrogen) atoms. The molecule has 1 aromatic rings. The molecule has 2 rings (SSSR count). The molecule has 0 radical (unpaired) electrons. The van der Waals surface area contributed by atoms with Crippen LogP contribution in [0, 0.1) is 11.6 Å². The number of hydrogen-bond donors (Lipinski definition) is 1. The Morgan fingerprint density at radius 1 is 1.40 bits per heavy atom. The van der Waals surface area contributed by atoms with E-state index in [2.05, 4.69) is 6.58 Å². The number of thiocarbonyl (C=S) groups is 1. The second kappa shape index (κ2) is 5.42. The molecule has 0 spiro atoms. The van der Waals surface area contributed by atoms with Crippen LogP contribution in [-0.4, -0.2) is 22.0 Å². The van der Waals surface area contributed by atoms with Gasteiger partial charge in [-0.15, -0.1) is 0 Å². The standard InChI is InChI=1S/C15H16F2N2S/c1-8(2)19-9(3)11(14(18)15(19)20)7-10-5-4-6-12(16)13(10)17/h4-8,14H,3,18H2,1-2H3/b11-7-. The molecule has 0 aliphatic carbocycles. The van der Waals surface area contributed by atoms with Crippen molar-refractivity contribution in [1.82, 2.24) is 4.90 Å². The lowest BCUT2D eigenvalue weighted by Crippen LogP contribution is -2.36. The van der Waals surface area contributed by atoms with Crippen molar-refractivity contribution in [3.8, 4) is 0 Å². The van der Waals surface area contributed by atoms with E-state index in [0.717, 1.165) is 6.07 Å². The lowest BCUT2D eigenvalue weighted by atomic mass is 10.0. The maximum Gasteiger partial charge on any atom is 0.166 e. The van der Waals surface area contributed by atoms with Crippen molar-refractivity contribution in [2.24, 2.45) is 5.73 Å². The van der Waals surface area contributed by atoms with Crippen LogP contribution in [-0.2, 0) is 0 Å². The highest BCUT2D eigenvalue weighted by molar-refractivity contribution is 7.80. The summed E-state index contributed by atoms with van der Waals surface area (Å²) in [6.07, 6.45) is 1.51. The molecule has 1 unspecified atom stereocenters. The van der Waals surface area contributed by atoms with Crippen LogP contribution >= 0.6 is 12.2 Å². The minimum absolute atomic E-state index is 0.115. The number of hydrogen-bond acceptors (Lipinski definition) is 2. The van der Waals surface area contributed by atoms with Crippen LogP contribution in [0.4, 0.5) is 8.78 Å². The third-order valence-electron chi connectivity index (χ3n) is 3.27. The molecule has 1 fully saturated rings. The summed E-state index contributed by atoms with van der Waals surface area (Å²) in [5, 5.41) is 0. The molecule has 0 amide bonds. The van der Waals surface area contributed by atoms with Gasteiger partial charge in [-0.1, -0.05) is 30.9 Å². The molecule has 2 N–H and O–H groups in total. The number of nitrogens with zero attached hydrogens (tertiary/aromatic N) is 1. The molecule has 0 bridgehead atoms. The van der Waals surface area contributed by atoms with Crippen molar-refractivity contribution in [3.05, 3.63) is 53.2 Å². The Labute approximate surface area is 122 Å². The smallest absolute Gasteiger partial charge is 0.166 e. The summed E-state index contributed by atoms with van der Waals surface area (Å²) >= 11 is 5.30. The van der Waals surface area contributed by atoms with Gasteiger partial charge in [-0.2, -0.15) is 0 Å². The molecule has 1 aliphatic rings. The number of halogens is 2. The fraction of sp³-hybridized carbons (Fsp3) is 0.267. The van der Waals surface area contributed by atoms with Crippen LogP contribution in [0.2, 0.25) is 0 Å². The molecule has 106 valence electrons. The topological polar surface area (TPSA) is 29.3 Å². The van der Waals surface area contributed by atoms with E-state index in [1.807, 2.05) is 18.7 Å². The first kappa shape index (κ1) is 14.8. The molecular formula is C15H16F2N2S. The zero-order valence-electron chi connectivity index (χ0n) is 11.4. The summed E-state index contributed by atoms with van der Waals surface area (Å²) in [6.45, 7) is 7.90. The average Bonchev–Trinajstić information content (AvgIpc) is 2.58.